The van der Waals surface area contributed by atoms with Crippen molar-refractivity contribution in [2.24, 2.45) is 0 Å². The van der Waals surface area contributed by atoms with Gasteiger partial charge in [-0.1, -0.05) is 0 Å². The van der Waals surface area contributed by atoms with E-state index in [-0.39, 0.29) is 5.75 Å². The summed E-state index contributed by atoms with van der Waals surface area (Å²) >= 11 is 1.39. The predicted molar refractivity (Wildman–Crippen MR) is 77.6 cm³/mol. The van der Waals surface area contributed by atoms with Crippen molar-refractivity contribution in [2.45, 2.75) is 11.8 Å². The Morgan fingerprint density at radius 2 is 1.95 bits per heavy atom. The Morgan fingerprint density at radius 1 is 1.32 bits per heavy atom. The molecule has 0 spiro atoms. The first-order valence-corrected chi connectivity index (χ1v) is 8.33. The zero-order valence-electron chi connectivity index (χ0n) is 10.5. The van der Waals surface area contributed by atoms with Gasteiger partial charge in [-0.3, -0.25) is 0 Å². The molecule has 2 amide bonds. The third-order valence-corrected chi connectivity index (χ3v) is 4.60. The number of sulfonamides is 1. The summed E-state index contributed by atoms with van der Waals surface area (Å²) in [6.45, 7) is 2.09. The molecule has 19 heavy (non-hydrogen) atoms. The highest BCUT2D eigenvalue weighted by Crippen LogP contribution is 2.19. The third-order valence-electron chi connectivity index (χ3n) is 2.09. The van der Waals surface area contributed by atoms with E-state index in [9.17, 15) is 13.2 Å². The molecule has 0 bridgehead atoms. The van der Waals surface area contributed by atoms with Crippen molar-refractivity contribution >= 4 is 33.5 Å². The van der Waals surface area contributed by atoms with E-state index in [1.165, 1.54) is 11.8 Å². The van der Waals surface area contributed by atoms with Crippen LogP contribution >= 0.6 is 11.8 Å². The van der Waals surface area contributed by atoms with E-state index in [0.717, 1.165) is 4.90 Å². The normalized spacial score (nSPS) is 11.0. The summed E-state index contributed by atoms with van der Waals surface area (Å²) in [6.07, 6.45) is 0. The van der Waals surface area contributed by atoms with Crippen LogP contribution in [0.5, 0.6) is 0 Å². The minimum Gasteiger partial charge on any atom is -0.399 e. The minimum absolute atomic E-state index is 0.126. The lowest BCUT2D eigenvalue weighted by molar-refractivity contribution is 0.246. The van der Waals surface area contributed by atoms with Crippen LogP contribution in [0.15, 0.2) is 29.2 Å². The fraction of sp³-hybridized carbons (Fsp3) is 0.364. The number of nitrogens with one attached hydrogen (secondary N) is 2. The van der Waals surface area contributed by atoms with Crippen molar-refractivity contribution in [3.63, 3.8) is 0 Å². The molecular weight excluding hydrogens is 286 g/mol. The topological polar surface area (TPSA) is 101 Å². The molecule has 8 heteroatoms. The molecule has 106 valence electrons. The highest BCUT2D eigenvalue weighted by atomic mass is 32.2. The second-order valence-electron chi connectivity index (χ2n) is 3.70. The van der Waals surface area contributed by atoms with Crippen molar-refractivity contribution in [3.05, 3.63) is 24.3 Å². The van der Waals surface area contributed by atoms with Gasteiger partial charge in [0.25, 0.3) is 0 Å². The van der Waals surface area contributed by atoms with E-state index in [0.29, 0.717) is 18.0 Å². The first kappa shape index (κ1) is 15.6. The molecule has 6 nitrogen and oxygen atoms in total. The molecule has 0 aliphatic rings. The van der Waals surface area contributed by atoms with Crippen molar-refractivity contribution in [2.75, 3.05) is 23.8 Å². The first-order chi connectivity index (χ1) is 8.93. The van der Waals surface area contributed by atoms with Gasteiger partial charge in [0, 0.05) is 22.9 Å². The van der Waals surface area contributed by atoms with Gasteiger partial charge in [0.1, 0.15) is 0 Å². The van der Waals surface area contributed by atoms with Crippen LogP contribution in [0.25, 0.3) is 0 Å². The van der Waals surface area contributed by atoms with Crippen molar-refractivity contribution < 1.29 is 13.2 Å². The van der Waals surface area contributed by atoms with E-state index in [4.69, 9.17) is 5.73 Å². The Morgan fingerprint density at radius 3 is 2.53 bits per heavy atom. The zero-order chi connectivity index (χ0) is 14.3. The number of benzene rings is 1. The average molecular weight is 303 g/mol. The van der Waals surface area contributed by atoms with Gasteiger partial charge >= 0.3 is 6.03 Å². The van der Waals surface area contributed by atoms with Crippen LogP contribution in [0.2, 0.25) is 0 Å². The predicted octanol–water partition coefficient (Wildman–Crippen LogP) is 1.01. The standard InChI is InChI=1S/C11H17N3O3S2/c1-2-13-11(15)14-19(16,17)8-7-18-10-5-3-9(12)4-6-10/h3-6H,2,7-8,12H2,1H3,(H2,13,14,15). The molecule has 0 aliphatic heterocycles. The number of amides is 2. The molecule has 0 heterocycles. The summed E-state index contributed by atoms with van der Waals surface area (Å²) in [6, 6.07) is 6.46. The molecule has 0 aliphatic carbocycles. The molecule has 1 aromatic carbocycles. The monoisotopic (exact) mass is 303 g/mol. The van der Waals surface area contributed by atoms with Crippen LogP contribution in [0, 0.1) is 0 Å². The Bertz CT molecular complexity index is 514. The van der Waals surface area contributed by atoms with Crippen molar-refractivity contribution in [3.8, 4) is 0 Å². The van der Waals surface area contributed by atoms with Crippen LogP contribution in [-0.4, -0.2) is 32.5 Å². The quantitative estimate of drug-likeness (QED) is 0.538. The molecular formula is C11H17N3O3S2. The Kier molecular flexibility index (Phi) is 5.97. The summed E-state index contributed by atoms with van der Waals surface area (Å²) in [5, 5.41) is 2.37. The van der Waals surface area contributed by atoms with Crippen LogP contribution in [-0.2, 0) is 10.0 Å². The summed E-state index contributed by atoms with van der Waals surface area (Å²) in [7, 11) is -3.59. The molecule has 0 radical (unpaired) electrons. The Labute approximate surface area is 117 Å². The van der Waals surface area contributed by atoms with Crippen LogP contribution in [0.3, 0.4) is 0 Å². The molecule has 4 N–H and O–H groups in total. The van der Waals surface area contributed by atoms with Gasteiger partial charge in [0.05, 0.1) is 5.75 Å². The highest BCUT2D eigenvalue weighted by Gasteiger charge is 2.13. The lowest BCUT2D eigenvalue weighted by atomic mass is 10.3. The Hall–Kier alpha value is -1.41. The fourth-order valence-corrected chi connectivity index (χ4v) is 3.45. The van der Waals surface area contributed by atoms with Gasteiger partial charge in [0.15, 0.2) is 0 Å². The van der Waals surface area contributed by atoms with E-state index >= 15 is 0 Å². The van der Waals surface area contributed by atoms with Crippen LogP contribution in [0.4, 0.5) is 10.5 Å². The van der Waals surface area contributed by atoms with Gasteiger partial charge < -0.3 is 11.1 Å². The minimum atomic E-state index is -3.59. The molecule has 0 fully saturated rings. The zero-order valence-corrected chi connectivity index (χ0v) is 12.2. The lowest BCUT2D eigenvalue weighted by Gasteiger charge is -2.07. The van der Waals surface area contributed by atoms with Gasteiger partial charge in [-0.05, 0) is 31.2 Å². The van der Waals surface area contributed by atoms with E-state index in [1.807, 2.05) is 16.9 Å². The number of rotatable bonds is 6. The molecule has 0 unspecified atom stereocenters. The van der Waals surface area contributed by atoms with Gasteiger partial charge in [-0.15, -0.1) is 11.8 Å². The van der Waals surface area contributed by atoms with Crippen molar-refractivity contribution in [1.29, 1.82) is 0 Å². The Balaban J connectivity index is 2.39. The lowest BCUT2D eigenvalue weighted by Crippen LogP contribution is -2.40. The maximum absolute atomic E-state index is 11.6. The molecule has 0 aromatic heterocycles. The van der Waals surface area contributed by atoms with E-state index in [2.05, 4.69) is 5.32 Å². The maximum atomic E-state index is 11.6. The van der Waals surface area contributed by atoms with Crippen LogP contribution < -0.4 is 15.8 Å². The number of hydrogen-bond acceptors (Lipinski definition) is 5. The summed E-state index contributed by atoms with van der Waals surface area (Å²) < 4.78 is 25.1. The molecule has 0 saturated heterocycles. The fourth-order valence-electron chi connectivity index (χ4n) is 1.22. The first-order valence-electron chi connectivity index (χ1n) is 5.69. The van der Waals surface area contributed by atoms with Gasteiger partial charge in [-0.2, -0.15) is 0 Å². The van der Waals surface area contributed by atoms with Gasteiger partial charge in [-0.25, -0.2) is 17.9 Å². The number of anilines is 1. The second kappa shape index (κ2) is 7.25. The average Bonchev–Trinajstić information content (AvgIpc) is 2.31. The van der Waals surface area contributed by atoms with Crippen molar-refractivity contribution in [1.82, 2.24) is 10.0 Å². The molecule has 1 aromatic rings. The number of carbonyl (C=O) groups is 1. The van der Waals surface area contributed by atoms with E-state index < -0.39 is 16.1 Å². The van der Waals surface area contributed by atoms with Crippen LogP contribution in [0.1, 0.15) is 6.92 Å². The third kappa shape index (κ3) is 6.35. The number of nitrogen functional groups attached to an aromatic ring is 1. The molecule has 0 saturated carbocycles. The number of urea groups is 1. The number of nitrogens with two attached hydrogens (primary N) is 1. The molecule has 0 atom stereocenters. The number of carbonyl (C=O) groups excluding carboxylic acids is 1. The SMILES string of the molecule is CCNC(=O)NS(=O)(=O)CCSc1ccc(N)cc1. The summed E-state index contributed by atoms with van der Waals surface area (Å²) in [4.78, 5) is 12.0. The van der Waals surface area contributed by atoms with Gasteiger partial charge in [0.2, 0.25) is 10.0 Å². The van der Waals surface area contributed by atoms with E-state index in [1.54, 1.807) is 19.1 Å². The number of hydrogen-bond donors (Lipinski definition) is 3. The largest absolute Gasteiger partial charge is 0.399 e. The smallest absolute Gasteiger partial charge is 0.328 e. The number of thioether (sulfide) groups is 1. The summed E-state index contributed by atoms with van der Waals surface area (Å²) in [5.74, 6) is 0.234. The molecule has 1 rings (SSSR count). The summed E-state index contributed by atoms with van der Waals surface area (Å²) in [5.41, 5.74) is 6.21. The maximum Gasteiger partial charge on any atom is 0.328 e. The highest BCUT2D eigenvalue weighted by molar-refractivity contribution is 8.00. The second-order valence-corrected chi connectivity index (χ2v) is 6.71.